The largest absolute Gasteiger partial charge is 0.447 e. The number of nitrogens with zero attached hydrogens (tertiary/aromatic N) is 5. The third-order valence-electron chi connectivity index (χ3n) is 6.59. The number of benzene rings is 1. The molecule has 2 aromatic rings. The Balaban J connectivity index is 1.33. The van der Waals surface area contributed by atoms with Crippen molar-refractivity contribution in [3.05, 3.63) is 47.7 Å². The number of piperazine rings is 1. The van der Waals surface area contributed by atoms with Crippen LogP contribution in [0.3, 0.4) is 0 Å². The monoisotopic (exact) mass is 528 g/mol. The van der Waals surface area contributed by atoms with Crippen LogP contribution >= 0.6 is 0 Å². The quantitative estimate of drug-likeness (QED) is 0.539. The minimum Gasteiger partial charge on any atom is -0.447 e. The fourth-order valence-electron chi connectivity index (χ4n) is 4.49. The van der Waals surface area contributed by atoms with Gasteiger partial charge < -0.3 is 19.7 Å². The van der Waals surface area contributed by atoms with Crippen molar-refractivity contribution in [3.8, 4) is 0 Å². The Hall–Kier alpha value is -3.47. The Bertz CT molecular complexity index is 1100. The number of alkyl halides is 1. The number of amides is 2. The van der Waals surface area contributed by atoms with Crippen LogP contribution in [0.2, 0.25) is 0 Å². The first-order chi connectivity index (χ1) is 18.2. The van der Waals surface area contributed by atoms with E-state index in [2.05, 4.69) is 20.2 Å². The van der Waals surface area contributed by atoms with E-state index in [0.29, 0.717) is 25.5 Å². The van der Waals surface area contributed by atoms with Gasteiger partial charge in [-0.1, -0.05) is 31.2 Å². The van der Waals surface area contributed by atoms with Gasteiger partial charge in [0.25, 0.3) is 0 Å². The number of anilines is 2. The molecule has 2 fully saturated rings. The molecule has 4 rings (SSSR count). The van der Waals surface area contributed by atoms with Gasteiger partial charge in [0, 0.05) is 38.9 Å². The van der Waals surface area contributed by atoms with Gasteiger partial charge in [0.05, 0.1) is 12.1 Å². The summed E-state index contributed by atoms with van der Waals surface area (Å²) >= 11 is 0. The highest BCUT2D eigenvalue weighted by molar-refractivity contribution is 5.89. The molecular formula is C27H37FN6O4. The summed E-state index contributed by atoms with van der Waals surface area (Å²) in [6.07, 6.45) is 1.57. The molecule has 10 nitrogen and oxygen atoms in total. The lowest BCUT2D eigenvalue weighted by molar-refractivity contribution is 0.0139. The predicted octanol–water partition coefficient (Wildman–Crippen LogP) is 4.39. The number of hydrogen-bond acceptors (Lipinski definition) is 8. The van der Waals surface area contributed by atoms with Crippen molar-refractivity contribution in [2.75, 3.05) is 49.7 Å². The molecule has 11 heteroatoms. The Labute approximate surface area is 223 Å². The smallest absolute Gasteiger partial charge is 0.415 e. The average Bonchev–Trinajstić information content (AvgIpc) is 3.28. The number of hydrogen-bond donors (Lipinski definition) is 1. The van der Waals surface area contributed by atoms with Crippen LogP contribution in [-0.2, 0) is 16.0 Å². The maximum Gasteiger partial charge on any atom is 0.415 e. The second-order valence-corrected chi connectivity index (χ2v) is 10.6. The molecular weight excluding hydrogens is 491 g/mol. The summed E-state index contributed by atoms with van der Waals surface area (Å²) in [5, 5.41) is 3.05. The van der Waals surface area contributed by atoms with Gasteiger partial charge in [-0.15, -0.1) is 0 Å². The molecule has 1 N–H and O–H groups in total. The normalized spacial score (nSPS) is 19.3. The highest BCUT2D eigenvalue weighted by atomic mass is 19.1. The molecule has 2 aliphatic heterocycles. The van der Waals surface area contributed by atoms with Crippen LogP contribution in [0, 0.1) is 0 Å². The minimum atomic E-state index is -0.650. The second kappa shape index (κ2) is 11.9. The maximum atomic E-state index is 14.0. The zero-order valence-corrected chi connectivity index (χ0v) is 22.5. The van der Waals surface area contributed by atoms with Gasteiger partial charge in [0.2, 0.25) is 5.95 Å². The molecule has 2 aliphatic rings. The number of ether oxygens (including phenoxy) is 2. The number of carbonyl (C=O) groups is 2. The first-order valence-electron chi connectivity index (χ1n) is 13.1. The van der Waals surface area contributed by atoms with Crippen molar-refractivity contribution in [1.82, 2.24) is 19.8 Å². The molecule has 2 unspecified atom stereocenters. The van der Waals surface area contributed by atoms with E-state index in [0.717, 1.165) is 37.2 Å². The van der Waals surface area contributed by atoms with Gasteiger partial charge in [-0.05, 0) is 44.4 Å². The topological polar surface area (TPSA) is 100 Å². The van der Waals surface area contributed by atoms with Crippen molar-refractivity contribution in [1.29, 1.82) is 0 Å². The molecule has 0 aliphatic carbocycles. The summed E-state index contributed by atoms with van der Waals surface area (Å²) in [6.45, 7) is 10.7. The Morgan fingerprint density at radius 3 is 2.53 bits per heavy atom. The molecule has 0 bridgehead atoms. The van der Waals surface area contributed by atoms with E-state index in [4.69, 9.17) is 9.47 Å². The maximum absolute atomic E-state index is 14.0. The number of nitrogens with one attached hydrogen (secondary N) is 1. The van der Waals surface area contributed by atoms with Gasteiger partial charge in [-0.25, -0.2) is 19.0 Å². The van der Waals surface area contributed by atoms with Crippen molar-refractivity contribution >= 4 is 24.0 Å². The highest BCUT2D eigenvalue weighted by Crippen LogP contribution is 2.25. The van der Waals surface area contributed by atoms with Gasteiger partial charge in [-0.3, -0.25) is 9.80 Å². The van der Waals surface area contributed by atoms with Crippen molar-refractivity contribution < 1.29 is 23.5 Å². The van der Waals surface area contributed by atoms with E-state index in [1.165, 1.54) is 4.90 Å². The van der Waals surface area contributed by atoms with E-state index in [1.807, 2.05) is 52.0 Å². The van der Waals surface area contributed by atoms with Crippen LogP contribution in [-0.4, -0.2) is 83.1 Å². The Morgan fingerprint density at radius 2 is 1.89 bits per heavy atom. The second-order valence-electron chi connectivity index (χ2n) is 10.6. The first-order valence-corrected chi connectivity index (χ1v) is 13.1. The Morgan fingerprint density at radius 1 is 1.18 bits per heavy atom. The van der Waals surface area contributed by atoms with E-state index < -0.39 is 24.4 Å². The van der Waals surface area contributed by atoms with E-state index in [1.54, 1.807) is 17.2 Å². The molecule has 0 spiro atoms. The number of aromatic nitrogens is 2. The lowest BCUT2D eigenvalue weighted by atomic mass is 10.1. The first kappa shape index (κ1) is 27.6. The van der Waals surface area contributed by atoms with Gasteiger partial charge >= 0.3 is 12.2 Å². The highest BCUT2D eigenvalue weighted by Gasteiger charge is 2.34. The Kier molecular flexibility index (Phi) is 8.65. The van der Waals surface area contributed by atoms with Gasteiger partial charge in [0.1, 0.15) is 24.7 Å². The molecule has 2 amide bonds. The van der Waals surface area contributed by atoms with Crippen molar-refractivity contribution in [3.63, 3.8) is 0 Å². The fourth-order valence-corrected chi connectivity index (χ4v) is 4.49. The van der Waals surface area contributed by atoms with E-state index >= 15 is 0 Å². The van der Waals surface area contributed by atoms with Crippen LogP contribution in [0.1, 0.15) is 51.3 Å². The number of rotatable bonds is 8. The third-order valence-corrected chi connectivity index (χ3v) is 6.59. The van der Waals surface area contributed by atoms with Crippen LogP contribution in [0.15, 0.2) is 36.5 Å². The molecule has 2 saturated heterocycles. The van der Waals surface area contributed by atoms with Crippen LogP contribution in [0.25, 0.3) is 0 Å². The predicted molar refractivity (Wildman–Crippen MR) is 142 cm³/mol. The lowest BCUT2D eigenvalue weighted by Crippen LogP contribution is -2.49. The van der Waals surface area contributed by atoms with Gasteiger partial charge in [0.15, 0.2) is 0 Å². The molecule has 3 heterocycles. The molecule has 0 saturated carbocycles. The number of halogens is 1. The van der Waals surface area contributed by atoms with Crippen LogP contribution in [0.5, 0.6) is 0 Å². The number of cyclic esters (lactones) is 1. The fraction of sp³-hybridized carbons (Fsp3) is 0.556. The summed E-state index contributed by atoms with van der Waals surface area (Å²) in [5.41, 5.74) is 1.37. The minimum absolute atomic E-state index is 0.0879. The third kappa shape index (κ3) is 6.89. The van der Waals surface area contributed by atoms with Crippen LogP contribution < -0.4 is 10.2 Å². The molecule has 1 aromatic heterocycles. The summed E-state index contributed by atoms with van der Waals surface area (Å²) in [7, 11) is 0. The number of carbonyl (C=O) groups excluding carboxylic acids is 2. The standard InChI is InChI=1S/C27H37FN6O4/c1-5-21-18-37-26(36)34(21)23-10-11-29-24(31-23)30-22(16-28)20-8-6-19(7-9-20)17-32-12-14-33(15-13-32)25(35)38-27(2,3)4/h6-11,21-22H,5,12-18H2,1-4H3,(H,29,30,31). The summed E-state index contributed by atoms with van der Waals surface area (Å²) in [6, 6.07) is 8.70. The molecule has 206 valence electrons. The zero-order chi connectivity index (χ0) is 27.3. The summed E-state index contributed by atoms with van der Waals surface area (Å²) in [5.74, 6) is 0.670. The van der Waals surface area contributed by atoms with Crippen molar-refractivity contribution in [2.45, 2.75) is 58.3 Å². The average molecular weight is 529 g/mol. The lowest BCUT2D eigenvalue weighted by Gasteiger charge is -2.35. The van der Waals surface area contributed by atoms with E-state index in [-0.39, 0.29) is 18.1 Å². The molecule has 38 heavy (non-hydrogen) atoms. The SMILES string of the molecule is CCC1COC(=O)N1c1ccnc(NC(CF)c2ccc(CN3CCN(C(=O)OC(C)(C)C)CC3)cc2)n1. The van der Waals surface area contributed by atoms with Crippen molar-refractivity contribution in [2.24, 2.45) is 0 Å². The zero-order valence-electron chi connectivity index (χ0n) is 22.5. The molecule has 0 radical (unpaired) electrons. The summed E-state index contributed by atoms with van der Waals surface area (Å²) in [4.78, 5) is 38.7. The molecule has 1 aromatic carbocycles. The van der Waals surface area contributed by atoms with E-state index in [9.17, 15) is 14.0 Å². The molecule has 2 atom stereocenters. The van der Waals surface area contributed by atoms with Gasteiger partial charge in [-0.2, -0.15) is 4.98 Å². The summed E-state index contributed by atoms with van der Waals surface area (Å²) < 4.78 is 24.7. The van der Waals surface area contributed by atoms with Crippen LogP contribution in [0.4, 0.5) is 25.7 Å².